The summed E-state index contributed by atoms with van der Waals surface area (Å²) in [5, 5.41) is 3.92. The van der Waals surface area contributed by atoms with E-state index in [0.717, 1.165) is 47.7 Å². The van der Waals surface area contributed by atoms with Crippen LogP contribution in [0.5, 0.6) is 0 Å². The van der Waals surface area contributed by atoms with Crippen molar-refractivity contribution in [3.63, 3.8) is 0 Å². The highest BCUT2D eigenvalue weighted by Gasteiger charge is 2.16. The maximum absolute atomic E-state index is 12.3. The minimum absolute atomic E-state index is 0.00654. The minimum Gasteiger partial charge on any atom is -0.322 e. The van der Waals surface area contributed by atoms with Crippen LogP contribution in [-0.4, -0.2) is 15.9 Å². The van der Waals surface area contributed by atoms with Gasteiger partial charge in [0.25, 0.3) is 11.5 Å². The Morgan fingerprint density at radius 2 is 1.96 bits per heavy atom. The van der Waals surface area contributed by atoms with Crippen molar-refractivity contribution in [2.24, 2.45) is 0 Å². The van der Waals surface area contributed by atoms with Gasteiger partial charge in [-0.05, 0) is 55.5 Å². The van der Waals surface area contributed by atoms with Gasteiger partial charge in [0.05, 0.1) is 11.1 Å². The van der Waals surface area contributed by atoms with E-state index in [-0.39, 0.29) is 11.5 Å². The standard InChI is InChI=1S/C19H17N3O2/c23-18(12-4-3-9-20-11-12)21-13-7-8-15-14-5-1-2-6-16(14)19(24)22-17(15)10-13/h3-4,7-11H,1-2,5-6H2,(H,21,23)(H,22,24). The van der Waals surface area contributed by atoms with E-state index in [4.69, 9.17) is 0 Å². The van der Waals surface area contributed by atoms with Crippen molar-refractivity contribution in [1.29, 1.82) is 0 Å². The summed E-state index contributed by atoms with van der Waals surface area (Å²) in [4.78, 5) is 31.4. The summed E-state index contributed by atoms with van der Waals surface area (Å²) in [6.45, 7) is 0. The summed E-state index contributed by atoms with van der Waals surface area (Å²) < 4.78 is 0. The summed E-state index contributed by atoms with van der Waals surface area (Å²) in [6.07, 6.45) is 7.12. The monoisotopic (exact) mass is 319 g/mol. The zero-order valence-corrected chi connectivity index (χ0v) is 13.1. The van der Waals surface area contributed by atoms with E-state index in [1.807, 2.05) is 18.2 Å². The molecule has 5 nitrogen and oxygen atoms in total. The van der Waals surface area contributed by atoms with Gasteiger partial charge < -0.3 is 10.3 Å². The molecule has 1 aliphatic rings. The third-order valence-corrected chi connectivity index (χ3v) is 4.52. The normalized spacial score (nSPS) is 13.5. The molecule has 0 spiro atoms. The molecule has 0 bridgehead atoms. The Morgan fingerprint density at radius 3 is 2.75 bits per heavy atom. The number of carbonyl (C=O) groups is 1. The van der Waals surface area contributed by atoms with Crippen LogP contribution >= 0.6 is 0 Å². The summed E-state index contributed by atoms with van der Waals surface area (Å²) >= 11 is 0. The Labute approximate surface area is 138 Å². The van der Waals surface area contributed by atoms with E-state index in [1.54, 1.807) is 18.3 Å². The lowest BCUT2D eigenvalue weighted by molar-refractivity contribution is 0.102. The molecule has 1 aliphatic carbocycles. The second-order valence-corrected chi connectivity index (χ2v) is 6.07. The number of H-pyrrole nitrogens is 1. The molecule has 0 radical (unpaired) electrons. The molecule has 1 aromatic carbocycles. The van der Waals surface area contributed by atoms with Gasteiger partial charge in [0, 0.05) is 29.0 Å². The van der Waals surface area contributed by atoms with Crippen molar-refractivity contribution in [2.75, 3.05) is 5.32 Å². The van der Waals surface area contributed by atoms with Crippen LogP contribution in [0.2, 0.25) is 0 Å². The van der Waals surface area contributed by atoms with Gasteiger partial charge in [-0.15, -0.1) is 0 Å². The second-order valence-electron chi connectivity index (χ2n) is 6.07. The molecule has 0 saturated heterocycles. The van der Waals surface area contributed by atoms with Crippen LogP contribution in [0.15, 0.2) is 47.5 Å². The fraction of sp³-hybridized carbons (Fsp3) is 0.211. The van der Waals surface area contributed by atoms with Crippen molar-refractivity contribution >= 4 is 22.5 Å². The van der Waals surface area contributed by atoms with E-state index >= 15 is 0 Å². The molecular formula is C19H17N3O2. The predicted octanol–water partition coefficient (Wildman–Crippen LogP) is 3.05. The number of fused-ring (bicyclic) bond motifs is 3. The first-order valence-electron chi connectivity index (χ1n) is 8.11. The van der Waals surface area contributed by atoms with Crippen LogP contribution in [0, 0.1) is 0 Å². The maximum Gasteiger partial charge on any atom is 0.257 e. The van der Waals surface area contributed by atoms with Gasteiger partial charge >= 0.3 is 0 Å². The first-order valence-corrected chi connectivity index (χ1v) is 8.11. The van der Waals surface area contributed by atoms with Gasteiger partial charge in [-0.3, -0.25) is 14.6 Å². The molecular weight excluding hydrogens is 302 g/mol. The number of aryl methyl sites for hydroxylation is 1. The number of hydrogen-bond donors (Lipinski definition) is 2. The molecule has 1 amide bonds. The molecule has 24 heavy (non-hydrogen) atoms. The minimum atomic E-state index is -0.220. The lowest BCUT2D eigenvalue weighted by atomic mass is 9.90. The summed E-state index contributed by atoms with van der Waals surface area (Å²) in [6, 6.07) is 9.11. The van der Waals surface area contributed by atoms with Crippen molar-refractivity contribution < 1.29 is 4.79 Å². The SMILES string of the molecule is O=C(Nc1ccc2c3c(c(=O)[nH]c2c1)CCCC3)c1cccnc1. The number of pyridine rings is 2. The average Bonchev–Trinajstić information content (AvgIpc) is 2.62. The third-order valence-electron chi connectivity index (χ3n) is 4.52. The van der Waals surface area contributed by atoms with Gasteiger partial charge in [-0.1, -0.05) is 6.07 Å². The first-order chi connectivity index (χ1) is 11.7. The number of aromatic nitrogens is 2. The van der Waals surface area contributed by atoms with Gasteiger partial charge in [0.15, 0.2) is 0 Å². The molecule has 0 saturated carbocycles. The van der Waals surface area contributed by atoms with Crippen LogP contribution in [0.3, 0.4) is 0 Å². The molecule has 2 N–H and O–H groups in total. The lowest BCUT2D eigenvalue weighted by Crippen LogP contribution is -2.19. The van der Waals surface area contributed by atoms with Crippen LogP contribution in [0.1, 0.15) is 34.3 Å². The highest BCUT2D eigenvalue weighted by Crippen LogP contribution is 2.27. The van der Waals surface area contributed by atoms with Gasteiger partial charge in [-0.25, -0.2) is 0 Å². The second kappa shape index (κ2) is 5.92. The molecule has 0 aliphatic heterocycles. The molecule has 2 heterocycles. The average molecular weight is 319 g/mol. The number of anilines is 1. The van der Waals surface area contributed by atoms with E-state index in [2.05, 4.69) is 15.3 Å². The number of amides is 1. The van der Waals surface area contributed by atoms with Crippen LogP contribution in [0.4, 0.5) is 5.69 Å². The smallest absolute Gasteiger partial charge is 0.257 e. The topological polar surface area (TPSA) is 74.8 Å². The fourth-order valence-corrected chi connectivity index (χ4v) is 3.34. The maximum atomic E-state index is 12.3. The van der Waals surface area contributed by atoms with Crippen molar-refractivity contribution in [2.45, 2.75) is 25.7 Å². The molecule has 0 unspecified atom stereocenters. The molecule has 3 aromatic rings. The van der Waals surface area contributed by atoms with Crippen LogP contribution in [-0.2, 0) is 12.8 Å². The Balaban J connectivity index is 1.71. The Morgan fingerprint density at radius 1 is 1.12 bits per heavy atom. The highest BCUT2D eigenvalue weighted by atomic mass is 16.1. The molecule has 0 atom stereocenters. The number of nitrogens with zero attached hydrogens (tertiary/aromatic N) is 1. The van der Waals surface area contributed by atoms with E-state index in [1.165, 1.54) is 6.20 Å². The molecule has 0 fully saturated rings. The molecule has 2 aromatic heterocycles. The summed E-state index contributed by atoms with van der Waals surface area (Å²) in [5.74, 6) is -0.220. The fourth-order valence-electron chi connectivity index (χ4n) is 3.34. The van der Waals surface area contributed by atoms with Gasteiger partial charge in [0.1, 0.15) is 0 Å². The summed E-state index contributed by atoms with van der Waals surface area (Å²) in [7, 11) is 0. The number of benzene rings is 1. The lowest BCUT2D eigenvalue weighted by Gasteiger charge is -2.17. The Kier molecular flexibility index (Phi) is 3.61. The predicted molar refractivity (Wildman–Crippen MR) is 93.4 cm³/mol. The van der Waals surface area contributed by atoms with Gasteiger partial charge in [-0.2, -0.15) is 0 Å². The van der Waals surface area contributed by atoms with Crippen molar-refractivity contribution in [1.82, 2.24) is 9.97 Å². The van der Waals surface area contributed by atoms with E-state index < -0.39 is 0 Å². The summed E-state index contributed by atoms with van der Waals surface area (Å²) in [5.41, 5.74) is 3.99. The zero-order chi connectivity index (χ0) is 16.5. The Hall–Kier alpha value is -2.95. The quantitative estimate of drug-likeness (QED) is 0.762. The number of aromatic amines is 1. The van der Waals surface area contributed by atoms with Crippen molar-refractivity contribution in [3.05, 3.63) is 69.8 Å². The van der Waals surface area contributed by atoms with Gasteiger partial charge in [0.2, 0.25) is 0 Å². The third kappa shape index (κ3) is 2.58. The van der Waals surface area contributed by atoms with E-state index in [0.29, 0.717) is 11.3 Å². The number of carbonyl (C=O) groups excluding carboxylic acids is 1. The zero-order valence-electron chi connectivity index (χ0n) is 13.1. The molecule has 120 valence electrons. The number of nitrogens with one attached hydrogen (secondary N) is 2. The number of hydrogen-bond acceptors (Lipinski definition) is 3. The highest BCUT2D eigenvalue weighted by molar-refractivity contribution is 6.04. The molecule has 5 heteroatoms. The Bertz CT molecular complexity index is 977. The van der Waals surface area contributed by atoms with E-state index in [9.17, 15) is 9.59 Å². The van der Waals surface area contributed by atoms with Crippen LogP contribution in [0.25, 0.3) is 10.9 Å². The first kappa shape index (κ1) is 14.6. The molecule has 4 rings (SSSR count). The number of rotatable bonds is 2. The largest absolute Gasteiger partial charge is 0.322 e. The van der Waals surface area contributed by atoms with Crippen LogP contribution < -0.4 is 10.9 Å². The van der Waals surface area contributed by atoms with Crippen molar-refractivity contribution in [3.8, 4) is 0 Å².